The third kappa shape index (κ3) is 3.61. The van der Waals surface area contributed by atoms with E-state index in [9.17, 15) is 4.79 Å². The van der Waals surface area contributed by atoms with Crippen molar-refractivity contribution in [3.63, 3.8) is 0 Å². The van der Waals surface area contributed by atoms with Crippen LogP contribution in [-0.4, -0.2) is 10.9 Å². The number of nitrogens with zero attached hydrogens (tertiary/aromatic N) is 1. The summed E-state index contributed by atoms with van der Waals surface area (Å²) < 4.78 is 0. The highest BCUT2D eigenvalue weighted by Crippen LogP contribution is 2.33. The maximum atomic E-state index is 12.3. The van der Waals surface area contributed by atoms with Gasteiger partial charge in [-0.15, -0.1) is 11.3 Å². The molecule has 0 spiro atoms. The summed E-state index contributed by atoms with van der Waals surface area (Å²) in [6.45, 7) is 3.91. The minimum atomic E-state index is -0.173. The fourth-order valence-corrected chi connectivity index (χ4v) is 3.45. The van der Waals surface area contributed by atoms with Crippen molar-refractivity contribution in [2.75, 3.05) is 5.32 Å². The van der Waals surface area contributed by atoms with Gasteiger partial charge in [-0.1, -0.05) is 47.0 Å². The molecule has 0 saturated carbocycles. The largest absolute Gasteiger partial charge is 0.298 e. The van der Waals surface area contributed by atoms with Crippen LogP contribution in [0, 0.1) is 13.8 Å². The Morgan fingerprint density at radius 1 is 1.08 bits per heavy atom. The number of amides is 1. The summed E-state index contributed by atoms with van der Waals surface area (Å²) in [6.07, 6.45) is 0. The van der Waals surface area contributed by atoms with Crippen LogP contribution in [0.3, 0.4) is 0 Å². The van der Waals surface area contributed by atoms with Gasteiger partial charge >= 0.3 is 0 Å². The van der Waals surface area contributed by atoms with Gasteiger partial charge < -0.3 is 0 Å². The molecule has 0 unspecified atom stereocenters. The quantitative estimate of drug-likeness (QED) is 0.610. The van der Waals surface area contributed by atoms with E-state index < -0.39 is 0 Å². The second-order valence-corrected chi connectivity index (χ2v) is 7.39. The first-order chi connectivity index (χ1) is 11.4. The number of benzene rings is 2. The van der Waals surface area contributed by atoms with Crippen LogP contribution >= 0.6 is 34.5 Å². The van der Waals surface area contributed by atoms with Crippen LogP contribution in [0.5, 0.6) is 0 Å². The predicted octanol–water partition coefficient (Wildman–Crippen LogP) is 5.99. The number of anilines is 1. The molecule has 3 rings (SSSR count). The molecule has 3 nitrogen and oxygen atoms in total. The molecular weight excluding hydrogens is 363 g/mol. The van der Waals surface area contributed by atoms with Crippen LogP contribution in [0.2, 0.25) is 10.0 Å². The molecule has 1 amide bonds. The zero-order valence-electron chi connectivity index (χ0n) is 13.1. The van der Waals surface area contributed by atoms with E-state index in [4.69, 9.17) is 23.2 Å². The van der Waals surface area contributed by atoms with Crippen molar-refractivity contribution in [2.45, 2.75) is 13.8 Å². The third-order valence-electron chi connectivity index (χ3n) is 3.49. The number of carbonyl (C=O) groups is 1. The van der Waals surface area contributed by atoms with Gasteiger partial charge in [0.2, 0.25) is 0 Å². The van der Waals surface area contributed by atoms with Crippen molar-refractivity contribution < 1.29 is 4.79 Å². The molecule has 0 atom stereocenters. The average molecular weight is 377 g/mol. The van der Waals surface area contributed by atoms with Crippen LogP contribution in [0.25, 0.3) is 11.3 Å². The number of aryl methyl sites for hydroxylation is 2. The van der Waals surface area contributed by atoms with Crippen LogP contribution in [-0.2, 0) is 0 Å². The van der Waals surface area contributed by atoms with Gasteiger partial charge in [0.25, 0.3) is 5.91 Å². The first kappa shape index (κ1) is 17.0. The Kier molecular flexibility index (Phi) is 4.90. The number of hydrogen-bond acceptors (Lipinski definition) is 3. The summed E-state index contributed by atoms with van der Waals surface area (Å²) in [6, 6.07) is 12.8. The summed E-state index contributed by atoms with van der Waals surface area (Å²) in [5, 5.41) is 4.39. The Hall–Kier alpha value is -1.88. The molecule has 0 bridgehead atoms. The molecule has 122 valence electrons. The van der Waals surface area contributed by atoms with Gasteiger partial charge in [0.05, 0.1) is 15.7 Å². The van der Waals surface area contributed by atoms with E-state index in [0.717, 1.165) is 21.7 Å². The summed E-state index contributed by atoms with van der Waals surface area (Å²) in [7, 11) is 0. The van der Waals surface area contributed by atoms with Crippen LogP contribution < -0.4 is 5.32 Å². The van der Waals surface area contributed by atoms with E-state index in [0.29, 0.717) is 20.7 Å². The van der Waals surface area contributed by atoms with Crippen molar-refractivity contribution in [1.82, 2.24) is 4.98 Å². The monoisotopic (exact) mass is 376 g/mol. The number of hydrogen-bond donors (Lipinski definition) is 1. The maximum Gasteiger partial charge on any atom is 0.257 e. The van der Waals surface area contributed by atoms with Crippen molar-refractivity contribution in [2.24, 2.45) is 0 Å². The van der Waals surface area contributed by atoms with Gasteiger partial charge in [-0.2, -0.15) is 0 Å². The summed E-state index contributed by atoms with van der Waals surface area (Å²) in [5.74, 6) is -0.173. The standard InChI is InChI=1S/C18H14Cl2N2OS/c1-10-4-3-5-13(8-10)17(23)22-18-21-16(11(2)24-18)12-6-7-14(19)15(20)9-12/h3-9H,1-2H3,(H,21,22,23). The Morgan fingerprint density at radius 3 is 2.58 bits per heavy atom. The van der Waals surface area contributed by atoms with Gasteiger partial charge in [0.1, 0.15) is 0 Å². The van der Waals surface area contributed by atoms with Crippen LogP contribution in [0.15, 0.2) is 42.5 Å². The average Bonchev–Trinajstić information content (AvgIpc) is 2.90. The number of thiazole rings is 1. The van der Waals surface area contributed by atoms with E-state index >= 15 is 0 Å². The first-order valence-electron chi connectivity index (χ1n) is 7.25. The molecule has 0 aliphatic carbocycles. The lowest BCUT2D eigenvalue weighted by Crippen LogP contribution is -2.11. The van der Waals surface area contributed by atoms with Crippen LogP contribution in [0.1, 0.15) is 20.8 Å². The van der Waals surface area contributed by atoms with Gasteiger partial charge in [-0.05, 0) is 38.1 Å². The second kappa shape index (κ2) is 6.93. The highest BCUT2D eigenvalue weighted by molar-refractivity contribution is 7.16. The van der Waals surface area contributed by atoms with Crippen molar-refractivity contribution in [1.29, 1.82) is 0 Å². The molecule has 1 N–H and O–H groups in total. The molecule has 3 aromatic rings. The van der Waals surface area contributed by atoms with Crippen molar-refractivity contribution in [3.05, 3.63) is 68.5 Å². The summed E-state index contributed by atoms with van der Waals surface area (Å²) in [4.78, 5) is 17.9. The Bertz CT molecular complexity index is 921. The third-order valence-corrected chi connectivity index (χ3v) is 5.12. The smallest absolute Gasteiger partial charge is 0.257 e. The lowest BCUT2D eigenvalue weighted by atomic mass is 10.1. The van der Waals surface area contributed by atoms with E-state index in [1.165, 1.54) is 11.3 Å². The minimum Gasteiger partial charge on any atom is -0.298 e. The van der Waals surface area contributed by atoms with E-state index in [1.807, 2.05) is 38.1 Å². The lowest BCUT2D eigenvalue weighted by molar-refractivity contribution is 0.102. The number of halogens is 2. The Labute approximate surface area is 154 Å². The zero-order valence-corrected chi connectivity index (χ0v) is 15.4. The van der Waals surface area contributed by atoms with Crippen molar-refractivity contribution >= 4 is 45.6 Å². The molecule has 0 saturated heterocycles. The number of carbonyl (C=O) groups excluding carboxylic acids is 1. The van der Waals surface area contributed by atoms with E-state index in [-0.39, 0.29) is 5.91 Å². The molecule has 0 aliphatic heterocycles. The summed E-state index contributed by atoms with van der Waals surface area (Å²) in [5.41, 5.74) is 3.31. The highest BCUT2D eigenvalue weighted by Gasteiger charge is 2.14. The van der Waals surface area contributed by atoms with Gasteiger partial charge in [-0.25, -0.2) is 4.98 Å². The molecule has 6 heteroatoms. The SMILES string of the molecule is Cc1cccc(C(=O)Nc2nc(-c3ccc(Cl)c(Cl)c3)c(C)s2)c1. The van der Waals surface area contributed by atoms with Crippen LogP contribution in [0.4, 0.5) is 5.13 Å². The number of nitrogens with one attached hydrogen (secondary N) is 1. The molecular formula is C18H14Cl2N2OS. The highest BCUT2D eigenvalue weighted by atomic mass is 35.5. The van der Waals surface area contributed by atoms with E-state index in [2.05, 4.69) is 10.3 Å². The second-order valence-electron chi connectivity index (χ2n) is 5.38. The normalized spacial score (nSPS) is 10.7. The first-order valence-corrected chi connectivity index (χ1v) is 8.82. The topological polar surface area (TPSA) is 42.0 Å². The van der Waals surface area contributed by atoms with E-state index in [1.54, 1.807) is 18.2 Å². The molecule has 0 aliphatic rings. The minimum absolute atomic E-state index is 0.173. The predicted molar refractivity (Wildman–Crippen MR) is 101 cm³/mol. The maximum absolute atomic E-state index is 12.3. The Balaban J connectivity index is 1.86. The Morgan fingerprint density at radius 2 is 1.88 bits per heavy atom. The number of aromatic nitrogens is 1. The fourth-order valence-electron chi connectivity index (χ4n) is 2.32. The molecule has 2 aromatic carbocycles. The molecule has 1 aromatic heterocycles. The van der Waals surface area contributed by atoms with Crippen molar-refractivity contribution in [3.8, 4) is 11.3 Å². The molecule has 0 radical (unpaired) electrons. The number of rotatable bonds is 3. The van der Waals surface area contributed by atoms with Gasteiger partial charge in [0.15, 0.2) is 5.13 Å². The molecule has 1 heterocycles. The lowest BCUT2D eigenvalue weighted by Gasteiger charge is -2.03. The zero-order chi connectivity index (χ0) is 17.3. The van der Waals surface area contributed by atoms with Gasteiger partial charge in [0, 0.05) is 16.0 Å². The van der Waals surface area contributed by atoms with Gasteiger partial charge in [-0.3, -0.25) is 10.1 Å². The molecule has 24 heavy (non-hydrogen) atoms. The molecule has 0 fully saturated rings. The fraction of sp³-hybridized carbons (Fsp3) is 0.111. The summed E-state index contributed by atoms with van der Waals surface area (Å²) >= 11 is 13.5.